The quantitative estimate of drug-likeness (QED) is 0.589. The zero-order valence-electron chi connectivity index (χ0n) is 9.48. The maximum absolute atomic E-state index is 6.03. The van der Waals surface area contributed by atoms with Crippen LogP contribution in [-0.4, -0.2) is 20.2 Å². The van der Waals surface area contributed by atoms with Crippen molar-refractivity contribution >= 4 is 62.5 Å². The molecule has 0 aliphatic heterocycles. The summed E-state index contributed by atoms with van der Waals surface area (Å²) in [5.41, 5.74) is 7.32. The number of nitrogens with zero attached hydrogens (tertiary/aromatic N) is 3. The Balaban J connectivity index is 2.03. The van der Waals surface area contributed by atoms with Crippen molar-refractivity contribution in [2.45, 2.75) is 0 Å². The van der Waals surface area contributed by atoms with Crippen LogP contribution in [0.3, 0.4) is 0 Å². The van der Waals surface area contributed by atoms with Crippen molar-refractivity contribution in [3.8, 4) is 0 Å². The van der Waals surface area contributed by atoms with E-state index in [4.69, 9.17) is 17.3 Å². The van der Waals surface area contributed by atoms with E-state index in [1.807, 2.05) is 12.1 Å². The number of nitrogen functional groups attached to an aromatic ring is 1. The largest absolute Gasteiger partial charge is 0.368 e. The molecule has 6 nitrogen and oxygen atoms in total. The van der Waals surface area contributed by atoms with Crippen LogP contribution in [0.5, 0.6) is 0 Å². The van der Waals surface area contributed by atoms with Gasteiger partial charge in [-0.05, 0) is 40.8 Å². The molecule has 0 saturated heterocycles. The molecule has 0 amide bonds. The fourth-order valence-electron chi connectivity index (χ4n) is 1.71. The van der Waals surface area contributed by atoms with Crippen LogP contribution in [0.1, 0.15) is 0 Å². The van der Waals surface area contributed by atoms with Crippen LogP contribution in [0.15, 0.2) is 24.4 Å². The SMILES string of the molecule is Nc1nccc(Nc2cc(I)c3[nH]nc(Cl)c3c2)n1. The second-order valence-corrected chi connectivity index (χ2v) is 5.34. The number of halogens is 2. The van der Waals surface area contributed by atoms with E-state index in [1.165, 1.54) is 0 Å². The minimum atomic E-state index is 0.224. The molecule has 0 fully saturated rings. The van der Waals surface area contributed by atoms with Crippen LogP contribution in [0.4, 0.5) is 17.5 Å². The van der Waals surface area contributed by atoms with Crippen molar-refractivity contribution in [3.05, 3.63) is 33.1 Å². The Morgan fingerprint density at radius 2 is 2.21 bits per heavy atom. The van der Waals surface area contributed by atoms with E-state index in [9.17, 15) is 0 Å². The molecule has 0 aliphatic carbocycles. The van der Waals surface area contributed by atoms with Crippen molar-refractivity contribution < 1.29 is 0 Å². The molecule has 4 N–H and O–H groups in total. The third-order valence-corrected chi connectivity index (χ3v) is 3.66. The molecular formula is C11H8ClIN6. The monoisotopic (exact) mass is 386 g/mol. The van der Waals surface area contributed by atoms with E-state index in [0.29, 0.717) is 11.0 Å². The van der Waals surface area contributed by atoms with Gasteiger partial charge in [0.1, 0.15) is 5.82 Å². The molecule has 3 rings (SSSR count). The highest BCUT2D eigenvalue weighted by Crippen LogP contribution is 2.29. The number of hydrogen-bond acceptors (Lipinski definition) is 5. The standard InChI is InChI=1S/C11H8ClIN6/c12-10-6-3-5(4-7(13)9(6)18-19-10)16-8-1-2-15-11(14)17-8/h1-4H,(H,18,19)(H3,14,15,16,17). The number of benzene rings is 1. The second kappa shape index (κ2) is 4.82. The molecule has 96 valence electrons. The molecule has 2 heterocycles. The first kappa shape index (κ1) is 12.4. The molecule has 1 aromatic carbocycles. The highest BCUT2D eigenvalue weighted by atomic mass is 127. The van der Waals surface area contributed by atoms with Crippen LogP contribution >= 0.6 is 34.2 Å². The molecule has 0 unspecified atom stereocenters. The number of rotatable bonds is 2. The lowest BCUT2D eigenvalue weighted by molar-refractivity contribution is 1.12. The lowest BCUT2D eigenvalue weighted by atomic mass is 10.2. The van der Waals surface area contributed by atoms with E-state index >= 15 is 0 Å². The summed E-state index contributed by atoms with van der Waals surface area (Å²) in [5, 5.41) is 11.3. The maximum Gasteiger partial charge on any atom is 0.221 e. The van der Waals surface area contributed by atoms with Gasteiger partial charge in [-0.25, -0.2) is 4.98 Å². The number of nitrogens with one attached hydrogen (secondary N) is 2. The number of H-pyrrole nitrogens is 1. The molecule has 2 aromatic heterocycles. The Bertz CT molecular complexity index is 756. The topological polar surface area (TPSA) is 92.5 Å². The number of nitrogens with two attached hydrogens (primary N) is 1. The third kappa shape index (κ3) is 2.43. The Morgan fingerprint density at radius 1 is 1.37 bits per heavy atom. The summed E-state index contributed by atoms with van der Waals surface area (Å²) in [6, 6.07) is 5.61. The summed E-state index contributed by atoms with van der Waals surface area (Å²) >= 11 is 8.24. The van der Waals surface area contributed by atoms with Crippen molar-refractivity contribution in [1.29, 1.82) is 0 Å². The number of anilines is 3. The minimum Gasteiger partial charge on any atom is -0.368 e. The average molecular weight is 387 g/mol. The molecule has 19 heavy (non-hydrogen) atoms. The Labute approximate surface area is 126 Å². The smallest absolute Gasteiger partial charge is 0.221 e. The predicted molar refractivity (Wildman–Crippen MR) is 83.5 cm³/mol. The van der Waals surface area contributed by atoms with Crippen LogP contribution in [0.25, 0.3) is 10.9 Å². The molecule has 0 atom stereocenters. The van der Waals surface area contributed by atoms with Gasteiger partial charge in [0.25, 0.3) is 0 Å². The molecule has 0 saturated carbocycles. The van der Waals surface area contributed by atoms with Crippen molar-refractivity contribution in [2.24, 2.45) is 0 Å². The summed E-state index contributed by atoms with van der Waals surface area (Å²) in [7, 11) is 0. The van der Waals surface area contributed by atoms with Gasteiger partial charge in [-0.1, -0.05) is 11.6 Å². The van der Waals surface area contributed by atoms with Gasteiger partial charge < -0.3 is 11.1 Å². The second-order valence-electron chi connectivity index (χ2n) is 3.82. The van der Waals surface area contributed by atoms with Gasteiger partial charge in [-0.3, -0.25) is 5.10 Å². The van der Waals surface area contributed by atoms with Gasteiger partial charge in [-0.15, -0.1) is 0 Å². The van der Waals surface area contributed by atoms with Gasteiger partial charge >= 0.3 is 0 Å². The highest BCUT2D eigenvalue weighted by Gasteiger charge is 2.09. The van der Waals surface area contributed by atoms with Gasteiger partial charge in [0.2, 0.25) is 5.95 Å². The van der Waals surface area contributed by atoms with Crippen molar-refractivity contribution in [3.63, 3.8) is 0 Å². The van der Waals surface area contributed by atoms with E-state index in [0.717, 1.165) is 20.2 Å². The molecule has 3 aromatic rings. The van der Waals surface area contributed by atoms with E-state index in [-0.39, 0.29) is 5.95 Å². The fraction of sp³-hybridized carbons (Fsp3) is 0. The highest BCUT2D eigenvalue weighted by molar-refractivity contribution is 14.1. The number of aromatic nitrogens is 4. The summed E-state index contributed by atoms with van der Waals surface area (Å²) in [5.74, 6) is 0.851. The minimum absolute atomic E-state index is 0.224. The van der Waals surface area contributed by atoms with Gasteiger partial charge in [0.15, 0.2) is 5.15 Å². The summed E-state index contributed by atoms with van der Waals surface area (Å²) < 4.78 is 1.01. The van der Waals surface area contributed by atoms with Crippen molar-refractivity contribution in [1.82, 2.24) is 20.2 Å². The van der Waals surface area contributed by atoms with Crippen LogP contribution < -0.4 is 11.1 Å². The molecule has 8 heteroatoms. The van der Waals surface area contributed by atoms with E-state index in [2.05, 4.69) is 48.1 Å². The van der Waals surface area contributed by atoms with Crippen LogP contribution in [0, 0.1) is 3.57 Å². The summed E-state index contributed by atoms with van der Waals surface area (Å²) in [6.07, 6.45) is 1.60. The van der Waals surface area contributed by atoms with Crippen LogP contribution in [-0.2, 0) is 0 Å². The normalized spacial score (nSPS) is 10.8. The lowest BCUT2D eigenvalue weighted by Crippen LogP contribution is -1.99. The zero-order valence-corrected chi connectivity index (χ0v) is 12.4. The first-order valence-corrected chi connectivity index (χ1v) is 6.78. The molecule has 0 aliphatic rings. The van der Waals surface area contributed by atoms with E-state index in [1.54, 1.807) is 12.3 Å². The van der Waals surface area contributed by atoms with Gasteiger partial charge in [0, 0.05) is 20.8 Å². The fourth-order valence-corrected chi connectivity index (χ4v) is 2.65. The average Bonchev–Trinajstić information content (AvgIpc) is 2.72. The van der Waals surface area contributed by atoms with Gasteiger partial charge in [0.05, 0.1) is 5.52 Å². The lowest BCUT2D eigenvalue weighted by Gasteiger charge is -2.07. The Kier molecular flexibility index (Phi) is 3.15. The number of hydrogen-bond donors (Lipinski definition) is 3. The molecule has 0 bridgehead atoms. The predicted octanol–water partition coefficient (Wildman–Crippen LogP) is 2.94. The molecular weight excluding hydrogens is 379 g/mol. The van der Waals surface area contributed by atoms with E-state index < -0.39 is 0 Å². The first-order valence-electron chi connectivity index (χ1n) is 5.32. The zero-order chi connectivity index (χ0) is 13.4. The van der Waals surface area contributed by atoms with Gasteiger partial charge in [-0.2, -0.15) is 10.1 Å². The molecule has 0 radical (unpaired) electrons. The van der Waals surface area contributed by atoms with Crippen LogP contribution in [0.2, 0.25) is 5.15 Å². The summed E-state index contributed by atoms with van der Waals surface area (Å²) in [6.45, 7) is 0. The third-order valence-electron chi connectivity index (χ3n) is 2.52. The maximum atomic E-state index is 6.03. The molecule has 0 spiro atoms. The number of aromatic amines is 1. The summed E-state index contributed by atoms with van der Waals surface area (Å²) in [4.78, 5) is 7.93. The Morgan fingerprint density at radius 3 is 3.00 bits per heavy atom. The number of fused-ring (bicyclic) bond motifs is 1. The van der Waals surface area contributed by atoms with Crippen molar-refractivity contribution in [2.75, 3.05) is 11.1 Å². The Hall–Kier alpha value is -1.61. The first-order chi connectivity index (χ1) is 9.13.